The highest BCUT2D eigenvalue weighted by molar-refractivity contribution is 6.30. The number of imide groups is 1. The smallest absolute Gasteiger partial charge is 0.416 e. The van der Waals surface area contributed by atoms with Gasteiger partial charge in [-0.05, 0) is 30.5 Å². The summed E-state index contributed by atoms with van der Waals surface area (Å²) >= 11 is 5.92. The Balaban J connectivity index is 1.70. The van der Waals surface area contributed by atoms with E-state index in [2.05, 4.69) is 0 Å². The molecule has 1 aromatic carbocycles. The zero-order valence-electron chi connectivity index (χ0n) is 13.1. The van der Waals surface area contributed by atoms with E-state index in [9.17, 15) is 14.4 Å². The van der Waals surface area contributed by atoms with Gasteiger partial charge in [0.15, 0.2) is 6.61 Å². The fourth-order valence-corrected chi connectivity index (χ4v) is 3.45. The Morgan fingerprint density at radius 3 is 2.46 bits per heavy atom. The highest BCUT2D eigenvalue weighted by atomic mass is 35.5. The Morgan fingerprint density at radius 1 is 1.21 bits per heavy atom. The molecule has 2 aliphatic rings. The van der Waals surface area contributed by atoms with Gasteiger partial charge in [-0.1, -0.05) is 36.6 Å². The number of halogens is 1. The molecular weight excluding hydrogens is 334 g/mol. The van der Waals surface area contributed by atoms with Crippen LogP contribution in [-0.4, -0.2) is 42.6 Å². The van der Waals surface area contributed by atoms with Crippen molar-refractivity contribution < 1.29 is 23.9 Å². The minimum absolute atomic E-state index is 0.174. The average Bonchev–Trinajstić information content (AvgIpc) is 3.23. The van der Waals surface area contributed by atoms with Gasteiger partial charge in [-0.2, -0.15) is 0 Å². The molecule has 3 rings (SSSR count). The number of carbonyl (C=O) groups is 3. The first-order valence-electron chi connectivity index (χ1n) is 7.93. The molecule has 0 spiro atoms. The van der Waals surface area contributed by atoms with Crippen LogP contribution in [0.2, 0.25) is 5.02 Å². The average molecular weight is 352 g/mol. The minimum atomic E-state index is -0.740. The molecule has 7 heteroatoms. The third-order valence-electron chi connectivity index (χ3n) is 4.63. The monoisotopic (exact) mass is 351 g/mol. The second kappa shape index (κ2) is 6.81. The Hall–Kier alpha value is -2.08. The van der Waals surface area contributed by atoms with Crippen LogP contribution in [0.25, 0.3) is 0 Å². The van der Waals surface area contributed by atoms with Crippen LogP contribution < -0.4 is 0 Å². The maximum Gasteiger partial charge on any atom is 0.416 e. The number of hydrogen-bond acceptors (Lipinski definition) is 5. The van der Waals surface area contributed by atoms with Gasteiger partial charge < -0.3 is 9.47 Å². The molecule has 2 fully saturated rings. The summed E-state index contributed by atoms with van der Waals surface area (Å²) in [5.41, 5.74) is 0.110. The molecule has 0 N–H and O–H groups in total. The van der Waals surface area contributed by atoms with E-state index >= 15 is 0 Å². The summed E-state index contributed by atoms with van der Waals surface area (Å²) in [6, 6.07) is 7.15. The van der Waals surface area contributed by atoms with Gasteiger partial charge in [0.25, 0.3) is 5.91 Å². The largest absolute Gasteiger partial charge is 0.455 e. The Bertz CT molecular complexity index is 651. The van der Waals surface area contributed by atoms with E-state index in [1.807, 2.05) is 12.1 Å². The first-order valence-corrected chi connectivity index (χ1v) is 8.31. The van der Waals surface area contributed by atoms with E-state index in [0.717, 1.165) is 23.3 Å². The Kier molecular flexibility index (Phi) is 4.76. The lowest BCUT2D eigenvalue weighted by molar-refractivity contribution is -0.156. The second-order valence-corrected chi connectivity index (χ2v) is 6.47. The maximum absolute atomic E-state index is 12.7. The number of benzene rings is 1. The first-order chi connectivity index (χ1) is 11.5. The fourth-order valence-electron chi connectivity index (χ4n) is 3.32. The van der Waals surface area contributed by atoms with Crippen molar-refractivity contribution in [3.05, 3.63) is 34.9 Å². The van der Waals surface area contributed by atoms with E-state index in [1.54, 1.807) is 12.1 Å². The number of esters is 1. The molecule has 1 aromatic rings. The molecule has 2 amide bonds. The van der Waals surface area contributed by atoms with Gasteiger partial charge in [-0.15, -0.1) is 0 Å². The van der Waals surface area contributed by atoms with Crippen LogP contribution in [0.4, 0.5) is 4.79 Å². The summed E-state index contributed by atoms with van der Waals surface area (Å²) < 4.78 is 9.97. The van der Waals surface area contributed by atoms with Crippen molar-refractivity contribution in [3.8, 4) is 0 Å². The predicted octanol–water partition coefficient (Wildman–Crippen LogP) is 2.67. The van der Waals surface area contributed by atoms with Crippen molar-refractivity contribution in [2.24, 2.45) is 0 Å². The van der Waals surface area contributed by atoms with Gasteiger partial charge in [0, 0.05) is 5.02 Å². The molecule has 0 atom stereocenters. The highest BCUT2D eigenvalue weighted by Gasteiger charge is 2.44. The van der Waals surface area contributed by atoms with Crippen molar-refractivity contribution in [1.29, 1.82) is 0 Å². The molecule has 24 heavy (non-hydrogen) atoms. The Labute approximate surface area is 144 Å². The van der Waals surface area contributed by atoms with E-state index < -0.39 is 30.0 Å². The van der Waals surface area contributed by atoms with Crippen LogP contribution in [0.15, 0.2) is 24.3 Å². The first kappa shape index (κ1) is 16.8. The van der Waals surface area contributed by atoms with Gasteiger partial charge in [0.1, 0.15) is 6.61 Å². The molecule has 1 saturated heterocycles. The third-order valence-corrected chi connectivity index (χ3v) is 4.89. The minimum Gasteiger partial charge on any atom is -0.455 e. The van der Waals surface area contributed by atoms with E-state index in [4.69, 9.17) is 21.1 Å². The van der Waals surface area contributed by atoms with E-state index in [0.29, 0.717) is 17.9 Å². The SMILES string of the molecule is O=C(COC(=O)C1(c2ccc(Cl)cc2)CCCC1)N1CCOC1=O. The molecule has 1 heterocycles. The lowest BCUT2D eigenvalue weighted by Gasteiger charge is -2.27. The topological polar surface area (TPSA) is 72.9 Å². The quantitative estimate of drug-likeness (QED) is 0.780. The molecule has 128 valence electrons. The standard InChI is InChI=1S/C17H18ClNO5/c18-13-5-3-12(4-6-13)17(7-1-2-8-17)15(21)24-11-14(20)19-9-10-23-16(19)22/h3-6H,1-2,7-11H2. The van der Waals surface area contributed by atoms with Crippen molar-refractivity contribution >= 4 is 29.6 Å². The second-order valence-electron chi connectivity index (χ2n) is 6.03. The van der Waals surface area contributed by atoms with E-state index in [1.165, 1.54) is 0 Å². The van der Waals surface area contributed by atoms with Crippen LogP contribution in [0.5, 0.6) is 0 Å². The van der Waals surface area contributed by atoms with Gasteiger partial charge in [0.05, 0.1) is 12.0 Å². The maximum atomic E-state index is 12.7. The van der Waals surface area contributed by atoms with E-state index in [-0.39, 0.29) is 13.2 Å². The van der Waals surface area contributed by atoms with Crippen LogP contribution in [0.1, 0.15) is 31.2 Å². The molecule has 1 aliphatic heterocycles. The summed E-state index contributed by atoms with van der Waals surface area (Å²) in [6.45, 7) is -0.0892. The van der Waals surface area contributed by atoms with Crippen molar-refractivity contribution in [3.63, 3.8) is 0 Å². The molecule has 6 nitrogen and oxygen atoms in total. The van der Waals surface area contributed by atoms with Gasteiger partial charge in [-0.3, -0.25) is 9.59 Å². The molecule has 1 aliphatic carbocycles. The molecule has 0 aromatic heterocycles. The molecule has 0 bridgehead atoms. The van der Waals surface area contributed by atoms with Gasteiger partial charge in [0.2, 0.25) is 0 Å². The number of nitrogens with zero attached hydrogens (tertiary/aromatic N) is 1. The number of carbonyl (C=O) groups excluding carboxylic acids is 3. The number of rotatable bonds is 4. The zero-order valence-corrected chi connectivity index (χ0v) is 13.9. The van der Waals surface area contributed by atoms with Gasteiger partial charge >= 0.3 is 12.1 Å². The normalized spacial score (nSPS) is 19.2. The van der Waals surface area contributed by atoms with Crippen molar-refractivity contribution in [2.75, 3.05) is 19.8 Å². The number of amides is 2. The third kappa shape index (κ3) is 3.11. The lowest BCUT2D eigenvalue weighted by Crippen LogP contribution is -2.39. The van der Waals surface area contributed by atoms with Crippen LogP contribution in [-0.2, 0) is 24.5 Å². The Morgan fingerprint density at radius 2 is 1.88 bits per heavy atom. The lowest BCUT2D eigenvalue weighted by atomic mass is 9.79. The summed E-state index contributed by atoms with van der Waals surface area (Å²) in [5, 5.41) is 0.600. The fraction of sp³-hybridized carbons (Fsp3) is 0.471. The molecule has 0 unspecified atom stereocenters. The summed E-state index contributed by atoms with van der Waals surface area (Å²) in [4.78, 5) is 37.0. The number of ether oxygens (including phenoxy) is 2. The van der Waals surface area contributed by atoms with Crippen LogP contribution in [0, 0.1) is 0 Å². The van der Waals surface area contributed by atoms with Crippen molar-refractivity contribution in [1.82, 2.24) is 4.90 Å². The van der Waals surface area contributed by atoms with Crippen molar-refractivity contribution in [2.45, 2.75) is 31.1 Å². The summed E-state index contributed by atoms with van der Waals surface area (Å²) in [5.74, 6) is -0.988. The molecular formula is C17H18ClNO5. The van der Waals surface area contributed by atoms with Gasteiger partial charge in [-0.25, -0.2) is 9.69 Å². The zero-order chi connectivity index (χ0) is 17.2. The predicted molar refractivity (Wildman–Crippen MR) is 85.6 cm³/mol. The summed E-state index contributed by atoms with van der Waals surface area (Å²) in [6.07, 6.45) is 2.50. The van der Waals surface area contributed by atoms with Crippen LogP contribution in [0.3, 0.4) is 0 Å². The molecule has 1 saturated carbocycles. The number of cyclic esters (lactones) is 1. The summed E-state index contributed by atoms with van der Waals surface area (Å²) in [7, 11) is 0. The number of hydrogen-bond donors (Lipinski definition) is 0. The molecule has 0 radical (unpaired) electrons. The van der Waals surface area contributed by atoms with Crippen LogP contribution >= 0.6 is 11.6 Å². The highest BCUT2D eigenvalue weighted by Crippen LogP contribution is 2.42.